The van der Waals surface area contributed by atoms with Crippen molar-refractivity contribution in [2.24, 2.45) is 0 Å². The van der Waals surface area contributed by atoms with E-state index < -0.39 is 17.1 Å². The molecule has 1 aliphatic carbocycles. The first kappa shape index (κ1) is 19.1. The van der Waals surface area contributed by atoms with Gasteiger partial charge in [0.2, 0.25) is 0 Å². The molecule has 6 heteroatoms. The molecule has 2 aromatic rings. The molecule has 0 spiro atoms. The lowest BCUT2D eigenvalue weighted by atomic mass is 9.77. The van der Waals surface area contributed by atoms with E-state index in [1.807, 2.05) is 0 Å². The number of aromatic nitrogens is 2. The molecule has 1 aliphatic rings. The number of carbonyl (C=O) groups excluding carboxylic acids is 1. The number of hydrogen-bond donors (Lipinski definition) is 2. The lowest BCUT2D eigenvalue weighted by molar-refractivity contribution is 0.0953. The lowest BCUT2D eigenvalue weighted by Crippen LogP contribution is -2.33. The molecule has 1 aromatic heterocycles. The van der Waals surface area contributed by atoms with Crippen LogP contribution in [0.25, 0.3) is 0 Å². The average Bonchev–Trinajstić information content (AvgIpc) is 3.13. The summed E-state index contributed by atoms with van der Waals surface area (Å²) >= 11 is 0. The van der Waals surface area contributed by atoms with Crippen molar-refractivity contribution in [3.05, 3.63) is 57.5 Å². The molecular weight excluding hydrogens is 342 g/mol. The first-order valence-electron chi connectivity index (χ1n) is 9.49. The Bertz CT molecular complexity index is 896. The number of nitrogens with one attached hydrogen (secondary N) is 1. The van der Waals surface area contributed by atoms with E-state index in [1.54, 1.807) is 4.68 Å². The van der Waals surface area contributed by atoms with E-state index in [0.29, 0.717) is 12.5 Å². The molecule has 6 nitrogen and oxygen atoms in total. The highest BCUT2D eigenvalue weighted by atomic mass is 16.3. The van der Waals surface area contributed by atoms with Crippen LogP contribution < -0.4 is 10.7 Å². The van der Waals surface area contributed by atoms with Gasteiger partial charge < -0.3 is 10.4 Å². The standard InChI is InChI=1S/C21H27N3O3/c1-14(2)15-7-6-8-16(11-15)21(9-4-5-10-21)13-24-12-17(25)19(26)18(23-24)20(27)22-3/h6-8,11-12,14,25H,4-5,9-10,13H2,1-3H3,(H,22,27). The molecule has 144 valence electrons. The molecule has 0 bridgehead atoms. The Balaban J connectivity index is 2.03. The smallest absolute Gasteiger partial charge is 0.275 e. The summed E-state index contributed by atoms with van der Waals surface area (Å²) in [6.45, 7) is 4.88. The van der Waals surface area contributed by atoms with Crippen LogP contribution in [0.5, 0.6) is 5.75 Å². The average molecular weight is 369 g/mol. The molecule has 0 atom stereocenters. The predicted octanol–water partition coefficient (Wildman–Crippen LogP) is 2.94. The van der Waals surface area contributed by atoms with E-state index in [2.05, 4.69) is 48.5 Å². The van der Waals surface area contributed by atoms with Crippen molar-refractivity contribution in [2.75, 3.05) is 7.05 Å². The van der Waals surface area contributed by atoms with Crippen molar-refractivity contribution in [1.82, 2.24) is 15.1 Å². The molecule has 0 radical (unpaired) electrons. The fraction of sp³-hybridized carbons (Fsp3) is 0.476. The van der Waals surface area contributed by atoms with E-state index >= 15 is 0 Å². The summed E-state index contributed by atoms with van der Waals surface area (Å²) in [5.41, 5.74) is 1.42. The molecule has 1 heterocycles. The predicted molar refractivity (Wildman–Crippen MR) is 104 cm³/mol. The number of benzene rings is 1. The van der Waals surface area contributed by atoms with Crippen LogP contribution in [0.2, 0.25) is 0 Å². The summed E-state index contributed by atoms with van der Waals surface area (Å²) in [5.74, 6) is -0.600. The summed E-state index contributed by atoms with van der Waals surface area (Å²) in [7, 11) is 1.44. The first-order valence-corrected chi connectivity index (χ1v) is 9.49. The lowest BCUT2D eigenvalue weighted by Gasteiger charge is -2.31. The van der Waals surface area contributed by atoms with Gasteiger partial charge >= 0.3 is 0 Å². The van der Waals surface area contributed by atoms with Crippen molar-refractivity contribution in [3.8, 4) is 5.75 Å². The molecule has 1 aromatic carbocycles. The van der Waals surface area contributed by atoms with E-state index in [9.17, 15) is 14.7 Å². The summed E-state index contributed by atoms with van der Waals surface area (Å²) in [5, 5.41) is 16.7. The second-order valence-corrected chi connectivity index (χ2v) is 7.74. The van der Waals surface area contributed by atoms with Crippen molar-refractivity contribution >= 4 is 5.91 Å². The molecule has 1 saturated carbocycles. The SMILES string of the molecule is CNC(=O)c1nn(CC2(c3cccc(C(C)C)c3)CCCC2)cc(O)c1=O. The van der Waals surface area contributed by atoms with Crippen LogP contribution >= 0.6 is 0 Å². The Morgan fingerprint density at radius 2 is 2.04 bits per heavy atom. The monoisotopic (exact) mass is 369 g/mol. The van der Waals surface area contributed by atoms with Crippen LogP contribution in [0.3, 0.4) is 0 Å². The molecule has 27 heavy (non-hydrogen) atoms. The van der Waals surface area contributed by atoms with Gasteiger partial charge in [-0.3, -0.25) is 14.3 Å². The summed E-state index contributed by atoms with van der Waals surface area (Å²) in [6, 6.07) is 8.65. The van der Waals surface area contributed by atoms with Gasteiger partial charge in [-0.25, -0.2) is 0 Å². The molecule has 0 aliphatic heterocycles. The van der Waals surface area contributed by atoms with Gasteiger partial charge in [0.15, 0.2) is 11.4 Å². The molecular formula is C21H27N3O3. The quantitative estimate of drug-likeness (QED) is 0.849. The first-order chi connectivity index (χ1) is 12.9. The third kappa shape index (κ3) is 3.75. The van der Waals surface area contributed by atoms with Crippen molar-refractivity contribution in [2.45, 2.75) is 57.4 Å². The van der Waals surface area contributed by atoms with Crippen LogP contribution in [-0.4, -0.2) is 27.8 Å². The van der Waals surface area contributed by atoms with Crippen LogP contribution in [-0.2, 0) is 12.0 Å². The number of nitrogens with zero attached hydrogens (tertiary/aromatic N) is 2. The fourth-order valence-electron chi connectivity index (χ4n) is 4.00. The maximum absolute atomic E-state index is 12.0. The Morgan fingerprint density at radius 3 is 2.67 bits per heavy atom. The van der Waals surface area contributed by atoms with Gasteiger partial charge in [-0.05, 0) is 29.9 Å². The highest BCUT2D eigenvalue weighted by Gasteiger charge is 2.36. The second-order valence-electron chi connectivity index (χ2n) is 7.74. The Hall–Kier alpha value is -2.63. The number of hydrogen-bond acceptors (Lipinski definition) is 4. The van der Waals surface area contributed by atoms with Gasteiger partial charge in [0, 0.05) is 12.5 Å². The maximum Gasteiger partial charge on any atom is 0.275 e. The zero-order valence-electron chi connectivity index (χ0n) is 16.2. The number of carbonyl (C=O) groups is 1. The maximum atomic E-state index is 12.0. The zero-order valence-corrected chi connectivity index (χ0v) is 16.2. The minimum absolute atomic E-state index is 0.112. The van der Waals surface area contributed by atoms with Crippen LogP contribution in [0.4, 0.5) is 0 Å². The highest BCUT2D eigenvalue weighted by Crippen LogP contribution is 2.43. The normalized spacial score (nSPS) is 15.9. The third-order valence-corrected chi connectivity index (χ3v) is 5.58. The van der Waals surface area contributed by atoms with E-state index in [1.165, 1.54) is 24.4 Å². The van der Waals surface area contributed by atoms with Crippen molar-refractivity contribution < 1.29 is 9.90 Å². The number of amides is 1. The minimum atomic E-state index is -0.743. The molecule has 2 N–H and O–H groups in total. The van der Waals surface area contributed by atoms with Gasteiger partial charge in [0.05, 0.1) is 12.7 Å². The molecule has 0 saturated heterocycles. The van der Waals surface area contributed by atoms with E-state index in [4.69, 9.17) is 0 Å². The highest BCUT2D eigenvalue weighted by molar-refractivity contribution is 5.92. The Morgan fingerprint density at radius 1 is 1.33 bits per heavy atom. The number of aromatic hydroxyl groups is 1. The van der Waals surface area contributed by atoms with Crippen LogP contribution in [0, 0.1) is 0 Å². The topological polar surface area (TPSA) is 84.2 Å². The van der Waals surface area contributed by atoms with Gasteiger partial charge in [0.1, 0.15) is 0 Å². The van der Waals surface area contributed by atoms with Crippen LogP contribution in [0.1, 0.15) is 67.1 Å². The molecule has 3 rings (SSSR count). The summed E-state index contributed by atoms with van der Waals surface area (Å²) in [4.78, 5) is 24.0. The van der Waals surface area contributed by atoms with Crippen LogP contribution in [0.15, 0.2) is 35.3 Å². The summed E-state index contributed by atoms with van der Waals surface area (Å²) in [6.07, 6.45) is 5.61. The van der Waals surface area contributed by atoms with Gasteiger partial charge in [-0.2, -0.15) is 5.10 Å². The number of rotatable bonds is 5. The molecule has 1 amide bonds. The van der Waals surface area contributed by atoms with Gasteiger partial charge in [-0.1, -0.05) is 51.0 Å². The van der Waals surface area contributed by atoms with Crippen molar-refractivity contribution in [1.29, 1.82) is 0 Å². The molecule has 1 fully saturated rings. The fourth-order valence-corrected chi connectivity index (χ4v) is 4.00. The van der Waals surface area contributed by atoms with E-state index in [-0.39, 0.29) is 11.1 Å². The second kappa shape index (κ2) is 7.55. The van der Waals surface area contributed by atoms with Gasteiger partial charge in [0.25, 0.3) is 11.3 Å². The minimum Gasteiger partial charge on any atom is -0.503 e. The Kier molecular flexibility index (Phi) is 5.35. The molecule has 0 unspecified atom stereocenters. The summed E-state index contributed by atoms with van der Waals surface area (Å²) < 4.78 is 1.55. The van der Waals surface area contributed by atoms with Crippen molar-refractivity contribution in [3.63, 3.8) is 0 Å². The Labute approximate surface area is 159 Å². The zero-order chi connectivity index (χ0) is 19.6. The van der Waals surface area contributed by atoms with E-state index in [0.717, 1.165) is 25.7 Å². The third-order valence-electron chi connectivity index (χ3n) is 5.58. The largest absolute Gasteiger partial charge is 0.503 e. The van der Waals surface area contributed by atoms with Gasteiger partial charge in [-0.15, -0.1) is 0 Å².